The summed E-state index contributed by atoms with van der Waals surface area (Å²) in [6.07, 6.45) is 3.72. The summed E-state index contributed by atoms with van der Waals surface area (Å²) in [5.41, 5.74) is 4.52. The van der Waals surface area contributed by atoms with E-state index in [2.05, 4.69) is 47.3 Å². The Labute approximate surface area is 176 Å². The van der Waals surface area contributed by atoms with Crippen molar-refractivity contribution in [1.29, 1.82) is 0 Å². The van der Waals surface area contributed by atoms with E-state index in [0.29, 0.717) is 19.0 Å². The van der Waals surface area contributed by atoms with Crippen molar-refractivity contribution in [2.75, 3.05) is 12.9 Å². The molecule has 0 amide bonds. The van der Waals surface area contributed by atoms with Crippen LogP contribution in [0.4, 0.5) is 0 Å². The number of ether oxygens (including phenoxy) is 2. The van der Waals surface area contributed by atoms with Gasteiger partial charge in [0.15, 0.2) is 17.3 Å². The molecule has 0 saturated heterocycles. The van der Waals surface area contributed by atoms with Crippen molar-refractivity contribution in [2.45, 2.75) is 39.5 Å². The Hall–Kier alpha value is -2.80. The molecule has 0 aliphatic rings. The van der Waals surface area contributed by atoms with Gasteiger partial charge in [0.25, 0.3) is 0 Å². The molecule has 0 N–H and O–H groups in total. The molecule has 0 aliphatic carbocycles. The van der Waals surface area contributed by atoms with Crippen LogP contribution in [0.1, 0.15) is 35.0 Å². The van der Waals surface area contributed by atoms with Crippen LogP contribution in [0.25, 0.3) is 0 Å². The Bertz CT molecular complexity index is 1010. The van der Waals surface area contributed by atoms with E-state index in [1.807, 2.05) is 38.3 Å². The van der Waals surface area contributed by atoms with Crippen LogP contribution in [0.2, 0.25) is 0 Å². The number of aromatic nitrogens is 3. The average molecular weight is 411 g/mol. The molecule has 0 radical (unpaired) electrons. The van der Waals surface area contributed by atoms with Crippen LogP contribution in [0.15, 0.2) is 46.7 Å². The molecule has 0 unspecified atom stereocenters. The van der Waals surface area contributed by atoms with Crippen molar-refractivity contribution in [3.05, 3.63) is 64.5 Å². The predicted octanol–water partition coefficient (Wildman–Crippen LogP) is 4.79. The van der Waals surface area contributed by atoms with Gasteiger partial charge >= 0.3 is 0 Å². The summed E-state index contributed by atoms with van der Waals surface area (Å²) in [6, 6.07) is 12.2. The van der Waals surface area contributed by atoms with Crippen LogP contribution in [0.5, 0.6) is 11.5 Å². The lowest BCUT2D eigenvalue weighted by molar-refractivity contribution is 0.269. The van der Waals surface area contributed by atoms with E-state index in [0.717, 1.165) is 22.3 Å². The fourth-order valence-corrected chi connectivity index (χ4v) is 3.30. The van der Waals surface area contributed by atoms with Crippen molar-refractivity contribution < 1.29 is 9.47 Å². The molecule has 0 bridgehead atoms. The first-order valence-electron chi connectivity index (χ1n) is 9.48. The molecule has 1 aromatic heterocycles. The van der Waals surface area contributed by atoms with Gasteiger partial charge < -0.3 is 9.47 Å². The summed E-state index contributed by atoms with van der Waals surface area (Å²) in [7, 11) is 0. The molecule has 0 atom stereocenters. The summed E-state index contributed by atoms with van der Waals surface area (Å²) >= 11 is 1.50. The van der Waals surface area contributed by atoms with Gasteiger partial charge in [-0.2, -0.15) is 9.78 Å². The van der Waals surface area contributed by atoms with Gasteiger partial charge in [-0.15, -0.1) is 10.2 Å². The fourth-order valence-electron chi connectivity index (χ4n) is 2.83. The third-order valence-corrected chi connectivity index (χ3v) is 5.05. The first-order valence-corrected chi connectivity index (χ1v) is 10.7. The van der Waals surface area contributed by atoms with E-state index in [4.69, 9.17) is 9.47 Å². The molecule has 0 fully saturated rings. The predicted molar refractivity (Wildman–Crippen MR) is 117 cm³/mol. The number of rotatable bonds is 8. The lowest BCUT2D eigenvalue weighted by Crippen LogP contribution is -2.02. The van der Waals surface area contributed by atoms with Gasteiger partial charge in [0.05, 0.1) is 12.8 Å². The number of nitrogens with zero attached hydrogens (tertiary/aromatic N) is 4. The van der Waals surface area contributed by atoms with Gasteiger partial charge in [-0.1, -0.05) is 35.5 Å². The third-order valence-electron chi connectivity index (χ3n) is 4.43. The number of hydrogen-bond donors (Lipinski definition) is 0. The highest BCUT2D eigenvalue weighted by atomic mass is 32.2. The molecule has 1 heterocycles. The highest BCUT2D eigenvalue weighted by Gasteiger charge is 2.09. The van der Waals surface area contributed by atoms with Crippen LogP contribution in [-0.2, 0) is 6.61 Å². The summed E-state index contributed by atoms with van der Waals surface area (Å²) in [4.78, 5) is 0. The Morgan fingerprint density at radius 2 is 1.86 bits per heavy atom. The van der Waals surface area contributed by atoms with Crippen molar-refractivity contribution in [1.82, 2.24) is 14.9 Å². The molecule has 0 spiro atoms. The maximum atomic E-state index is 6.07. The number of aryl methyl sites for hydroxylation is 3. The molecule has 7 heteroatoms. The first kappa shape index (κ1) is 20.9. The zero-order valence-corrected chi connectivity index (χ0v) is 18.3. The van der Waals surface area contributed by atoms with Gasteiger partial charge in [0, 0.05) is 0 Å². The molecule has 6 nitrogen and oxygen atoms in total. The van der Waals surface area contributed by atoms with E-state index in [9.17, 15) is 0 Å². The zero-order valence-electron chi connectivity index (χ0n) is 17.5. The highest BCUT2D eigenvalue weighted by Crippen LogP contribution is 2.29. The molecule has 2 aromatic carbocycles. The normalized spacial score (nSPS) is 11.2. The topological polar surface area (TPSA) is 61.5 Å². The van der Waals surface area contributed by atoms with Gasteiger partial charge in [0.2, 0.25) is 5.16 Å². The van der Waals surface area contributed by atoms with Crippen LogP contribution < -0.4 is 9.47 Å². The molecule has 152 valence electrons. The minimum atomic E-state index is 0.498. The van der Waals surface area contributed by atoms with Crippen LogP contribution >= 0.6 is 11.8 Å². The Morgan fingerprint density at radius 1 is 1.03 bits per heavy atom. The number of hydrogen-bond acceptors (Lipinski definition) is 6. The average Bonchev–Trinajstić information content (AvgIpc) is 3.07. The second-order valence-corrected chi connectivity index (χ2v) is 7.42. The zero-order chi connectivity index (χ0) is 20.8. The van der Waals surface area contributed by atoms with Gasteiger partial charge in [-0.25, -0.2) is 0 Å². The van der Waals surface area contributed by atoms with Crippen LogP contribution in [-0.4, -0.2) is 34.0 Å². The largest absolute Gasteiger partial charge is 0.490 e. The fraction of sp³-hybridized carbons (Fsp3) is 0.318. The molecular formula is C22H26N4O2S. The van der Waals surface area contributed by atoms with Gasteiger partial charge in [-0.3, -0.25) is 0 Å². The molecular weight excluding hydrogens is 384 g/mol. The summed E-state index contributed by atoms with van der Waals surface area (Å²) < 4.78 is 13.6. The Balaban J connectivity index is 1.80. The number of thioether (sulfide) groups is 1. The van der Waals surface area contributed by atoms with Crippen molar-refractivity contribution >= 4 is 18.0 Å². The standard InChI is InChI=1S/C22H26N4O2S/c1-6-27-21-12-18(13-23-26-17(4)24-25-22(26)29-5)9-10-20(21)28-14-19-11-15(2)7-8-16(19)3/h7-13H,6,14H2,1-5H3/b23-13-. The third kappa shape index (κ3) is 5.17. The molecule has 29 heavy (non-hydrogen) atoms. The molecule has 3 aromatic rings. The summed E-state index contributed by atoms with van der Waals surface area (Å²) in [6.45, 7) is 9.07. The van der Waals surface area contributed by atoms with Gasteiger partial charge in [-0.05, 0) is 68.8 Å². The smallest absolute Gasteiger partial charge is 0.211 e. The highest BCUT2D eigenvalue weighted by molar-refractivity contribution is 7.98. The van der Waals surface area contributed by atoms with Crippen LogP contribution in [0, 0.1) is 20.8 Å². The minimum Gasteiger partial charge on any atom is -0.490 e. The lowest BCUT2D eigenvalue weighted by atomic mass is 10.1. The lowest BCUT2D eigenvalue weighted by Gasteiger charge is -2.14. The Morgan fingerprint density at radius 3 is 2.62 bits per heavy atom. The number of benzene rings is 2. The maximum absolute atomic E-state index is 6.07. The van der Waals surface area contributed by atoms with Crippen LogP contribution in [0.3, 0.4) is 0 Å². The maximum Gasteiger partial charge on any atom is 0.211 e. The van der Waals surface area contributed by atoms with E-state index < -0.39 is 0 Å². The summed E-state index contributed by atoms with van der Waals surface area (Å²) in [5.74, 6) is 2.16. The second-order valence-electron chi connectivity index (χ2n) is 6.65. The van der Waals surface area contributed by atoms with Crippen molar-refractivity contribution in [3.8, 4) is 11.5 Å². The van der Waals surface area contributed by atoms with E-state index in [1.54, 1.807) is 10.9 Å². The SMILES string of the molecule is CCOc1cc(/C=N\n2c(C)nnc2SC)ccc1OCc1cc(C)ccc1C. The first-order chi connectivity index (χ1) is 14.0. The van der Waals surface area contributed by atoms with E-state index in [-0.39, 0.29) is 0 Å². The quantitative estimate of drug-likeness (QED) is 0.395. The molecule has 0 saturated carbocycles. The second kappa shape index (κ2) is 9.60. The minimum absolute atomic E-state index is 0.498. The van der Waals surface area contributed by atoms with Crippen molar-refractivity contribution in [3.63, 3.8) is 0 Å². The Kier molecular flexibility index (Phi) is 6.93. The molecule has 3 rings (SSSR count). The van der Waals surface area contributed by atoms with Crippen molar-refractivity contribution in [2.24, 2.45) is 5.10 Å². The monoisotopic (exact) mass is 410 g/mol. The molecule has 0 aliphatic heterocycles. The summed E-state index contributed by atoms with van der Waals surface area (Å²) in [5, 5.41) is 13.4. The van der Waals surface area contributed by atoms with E-state index >= 15 is 0 Å². The van der Waals surface area contributed by atoms with E-state index in [1.165, 1.54) is 28.5 Å². The van der Waals surface area contributed by atoms with Gasteiger partial charge in [0.1, 0.15) is 6.61 Å².